The molecule has 178 valence electrons. The molecule has 0 spiro atoms. The second kappa shape index (κ2) is 11.7. The number of aliphatic hydroxyl groups excluding tert-OH is 1. The number of aliphatic hydroxyl groups is 1. The van der Waals surface area contributed by atoms with Crippen LogP contribution in [0, 0.1) is 18.8 Å². The first-order chi connectivity index (χ1) is 15.0. The van der Waals surface area contributed by atoms with E-state index in [1.54, 1.807) is 55.6 Å². The third kappa shape index (κ3) is 7.50. The van der Waals surface area contributed by atoms with E-state index in [1.165, 1.54) is 4.31 Å². The number of hydrogen-bond acceptors (Lipinski definition) is 5. The van der Waals surface area contributed by atoms with Gasteiger partial charge in [-0.3, -0.25) is 4.31 Å². The van der Waals surface area contributed by atoms with Gasteiger partial charge in [0.2, 0.25) is 0 Å². The Kier molecular flexibility index (Phi) is 9.55. The van der Waals surface area contributed by atoms with Crippen LogP contribution in [-0.4, -0.2) is 57.8 Å². The number of hydrogen-bond donors (Lipinski definition) is 1. The van der Waals surface area contributed by atoms with Gasteiger partial charge < -0.3 is 14.7 Å². The van der Waals surface area contributed by atoms with E-state index >= 15 is 0 Å². The molecule has 2 aromatic carbocycles. The lowest BCUT2D eigenvalue weighted by Gasteiger charge is -2.31. The summed E-state index contributed by atoms with van der Waals surface area (Å²) in [5.41, 5.74) is 1.47. The third-order valence-electron chi connectivity index (χ3n) is 5.06. The summed E-state index contributed by atoms with van der Waals surface area (Å²) >= 11 is 0. The molecule has 0 aromatic heterocycles. The minimum absolute atomic E-state index is 0.0325. The Hall–Kier alpha value is -2.09. The van der Waals surface area contributed by atoms with Crippen molar-refractivity contribution in [3.8, 4) is 5.75 Å². The lowest BCUT2D eigenvalue weighted by Crippen LogP contribution is -2.44. The largest absolute Gasteiger partial charge is 0.497 e. The van der Waals surface area contributed by atoms with Crippen molar-refractivity contribution in [2.75, 3.05) is 37.6 Å². The van der Waals surface area contributed by atoms with Gasteiger partial charge in [-0.25, -0.2) is 8.42 Å². The highest BCUT2D eigenvalue weighted by molar-refractivity contribution is 7.92. The molecule has 0 saturated carbocycles. The quantitative estimate of drug-likeness (QED) is 0.513. The molecule has 0 aliphatic heterocycles. The summed E-state index contributed by atoms with van der Waals surface area (Å²) < 4.78 is 33.6. The van der Waals surface area contributed by atoms with Gasteiger partial charge >= 0.3 is 0 Å². The molecule has 1 atom stereocenters. The molecule has 1 unspecified atom stereocenters. The molecule has 1 N–H and O–H groups in total. The molecule has 0 radical (unpaired) electrons. The lowest BCUT2D eigenvalue weighted by atomic mass is 10.1. The van der Waals surface area contributed by atoms with Crippen LogP contribution in [0.4, 0.5) is 5.69 Å². The van der Waals surface area contributed by atoms with Crippen LogP contribution in [0.25, 0.3) is 0 Å². The van der Waals surface area contributed by atoms with Gasteiger partial charge in [0, 0.05) is 19.6 Å². The highest BCUT2D eigenvalue weighted by Gasteiger charge is 2.28. The van der Waals surface area contributed by atoms with Gasteiger partial charge in [-0.2, -0.15) is 0 Å². The van der Waals surface area contributed by atoms with E-state index in [9.17, 15) is 13.5 Å². The summed E-state index contributed by atoms with van der Waals surface area (Å²) in [7, 11) is -2.29. The zero-order valence-corrected chi connectivity index (χ0v) is 21.0. The average Bonchev–Trinajstić information content (AvgIpc) is 2.71. The van der Waals surface area contributed by atoms with Crippen LogP contribution < -0.4 is 9.04 Å². The highest BCUT2D eigenvalue weighted by atomic mass is 32.2. The van der Waals surface area contributed by atoms with Crippen LogP contribution in [0.1, 0.15) is 33.3 Å². The number of ether oxygens (including phenoxy) is 1. The van der Waals surface area contributed by atoms with E-state index in [2.05, 4.69) is 32.6 Å². The van der Waals surface area contributed by atoms with Crippen molar-refractivity contribution in [1.29, 1.82) is 0 Å². The van der Waals surface area contributed by atoms with Crippen LogP contribution in [0.5, 0.6) is 5.75 Å². The SMILES string of the molecule is COc1ccc(N(CC(O)CN(CC(C)C)CC(C)C)S(=O)(=O)c2ccc(C)cc2)cc1. The van der Waals surface area contributed by atoms with Crippen molar-refractivity contribution in [1.82, 2.24) is 4.90 Å². The Morgan fingerprint density at radius 3 is 1.84 bits per heavy atom. The lowest BCUT2D eigenvalue weighted by molar-refractivity contribution is 0.104. The molecule has 2 rings (SSSR count). The van der Waals surface area contributed by atoms with Crippen LogP contribution in [0.2, 0.25) is 0 Å². The van der Waals surface area contributed by atoms with E-state index in [0.29, 0.717) is 29.8 Å². The first kappa shape index (κ1) is 26.2. The zero-order valence-electron chi connectivity index (χ0n) is 20.2. The van der Waals surface area contributed by atoms with Crippen LogP contribution in [-0.2, 0) is 10.0 Å². The van der Waals surface area contributed by atoms with E-state index in [4.69, 9.17) is 4.74 Å². The predicted molar refractivity (Wildman–Crippen MR) is 131 cm³/mol. The van der Waals surface area contributed by atoms with Gasteiger partial charge in [0.25, 0.3) is 10.0 Å². The number of sulfonamides is 1. The number of rotatable bonds is 12. The fourth-order valence-electron chi connectivity index (χ4n) is 3.73. The maximum atomic E-state index is 13.5. The Morgan fingerprint density at radius 1 is 0.844 bits per heavy atom. The Labute approximate surface area is 193 Å². The van der Waals surface area contributed by atoms with Crippen LogP contribution >= 0.6 is 0 Å². The molecule has 6 nitrogen and oxygen atoms in total. The van der Waals surface area contributed by atoms with Gasteiger partial charge in [-0.1, -0.05) is 45.4 Å². The second-order valence-electron chi connectivity index (χ2n) is 9.21. The number of nitrogens with zero attached hydrogens (tertiary/aromatic N) is 2. The maximum Gasteiger partial charge on any atom is 0.264 e. The molecule has 2 aromatic rings. The average molecular weight is 463 g/mol. The van der Waals surface area contributed by atoms with Gasteiger partial charge in [0.1, 0.15) is 5.75 Å². The Bertz CT molecular complexity index is 915. The Balaban J connectivity index is 2.34. The van der Waals surface area contributed by atoms with Crippen molar-refractivity contribution in [2.24, 2.45) is 11.8 Å². The smallest absolute Gasteiger partial charge is 0.264 e. The van der Waals surface area contributed by atoms with E-state index < -0.39 is 16.1 Å². The summed E-state index contributed by atoms with van der Waals surface area (Å²) in [6.07, 6.45) is -0.838. The molecule has 0 heterocycles. The van der Waals surface area contributed by atoms with E-state index in [0.717, 1.165) is 18.7 Å². The minimum atomic E-state index is -3.85. The van der Waals surface area contributed by atoms with Crippen molar-refractivity contribution >= 4 is 15.7 Å². The maximum absolute atomic E-state index is 13.5. The predicted octanol–water partition coefficient (Wildman–Crippen LogP) is 4.17. The number of benzene rings is 2. The van der Waals surface area contributed by atoms with Gasteiger partial charge in [0.05, 0.1) is 30.3 Å². The molecule has 0 amide bonds. The monoisotopic (exact) mass is 462 g/mol. The summed E-state index contributed by atoms with van der Waals surface area (Å²) in [5, 5.41) is 11.0. The van der Waals surface area contributed by atoms with Gasteiger partial charge in [0.15, 0.2) is 0 Å². The van der Waals surface area contributed by atoms with Crippen molar-refractivity contribution in [2.45, 2.75) is 45.6 Å². The molecule has 0 aliphatic carbocycles. The minimum Gasteiger partial charge on any atom is -0.497 e. The van der Waals surface area contributed by atoms with Gasteiger partial charge in [-0.15, -0.1) is 0 Å². The normalized spacial score (nSPS) is 13.1. The van der Waals surface area contributed by atoms with Crippen LogP contribution in [0.3, 0.4) is 0 Å². The first-order valence-electron chi connectivity index (χ1n) is 11.2. The molecular formula is C25H38N2O4S. The summed E-state index contributed by atoms with van der Waals surface area (Å²) in [6.45, 7) is 12.6. The Morgan fingerprint density at radius 2 is 1.38 bits per heavy atom. The summed E-state index contributed by atoms with van der Waals surface area (Å²) in [5.74, 6) is 1.55. The fraction of sp³-hybridized carbons (Fsp3) is 0.520. The third-order valence-corrected chi connectivity index (χ3v) is 6.87. The fourth-order valence-corrected chi connectivity index (χ4v) is 5.23. The van der Waals surface area contributed by atoms with Crippen molar-refractivity contribution < 1.29 is 18.3 Å². The standard InChI is InChI=1S/C25H38N2O4S/c1-19(2)15-26(16-20(3)4)17-23(28)18-27(22-9-11-24(31-6)12-10-22)32(29,30)25-13-7-21(5)8-14-25/h7-14,19-20,23,28H,15-18H2,1-6H3. The van der Waals surface area contributed by atoms with Crippen molar-refractivity contribution in [3.05, 3.63) is 54.1 Å². The number of methoxy groups -OCH3 is 1. The molecule has 0 aliphatic rings. The first-order valence-corrected chi connectivity index (χ1v) is 12.6. The molecule has 0 saturated heterocycles. The molecular weight excluding hydrogens is 424 g/mol. The van der Waals surface area contributed by atoms with Crippen molar-refractivity contribution in [3.63, 3.8) is 0 Å². The molecule has 7 heteroatoms. The number of anilines is 1. The summed E-state index contributed by atoms with van der Waals surface area (Å²) in [6, 6.07) is 13.6. The van der Waals surface area contributed by atoms with Crippen LogP contribution in [0.15, 0.2) is 53.4 Å². The highest BCUT2D eigenvalue weighted by Crippen LogP contribution is 2.26. The second-order valence-corrected chi connectivity index (χ2v) is 11.1. The number of aryl methyl sites for hydroxylation is 1. The van der Waals surface area contributed by atoms with E-state index in [-0.39, 0.29) is 11.4 Å². The molecule has 32 heavy (non-hydrogen) atoms. The molecule has 0 fully saturated rings. The summed E-state index contributed by atoms with van der Waals surface area (Å²) in [4.78, 5) is 2.41. The molecule has 0 bridgehead atoms. The topological polar surface area (TPSA) is 70.1 Å². The van der Waals surface area contributed by atoms with E-state index in [1.807, 2.05) is 6.92 Å². The zero-order chi connectivity index (χ0) is 23.9. The van der Waals surface area contributed by atoms with Gasteiger partial charge in [-0.05, 0) is 55.2 Å².